The van der Waals surface area contributed by atoms with Gasteiger partial charge in [-0.05, 0) is 55.5 Å². The maximum absolute atomic E-state index is 15.0. The summed E-state index contributed by atoms with van der Waals surface area (Å²) in [5.41, 5.74) is 0.0456. The van der Waals surface area contributed by atoms with Crippen molar-refractivity contribution < 1.29 is 22.4 Å². The highest BCUT2D eigenvalue weighted by atomic mass is 19.4. The predicted octanol–water partition coefficient (Wildman–Crippen LogP) is 5.36. The van der Waals surface area contributed by atoms with Crippen LogP contribution in [0, 0.1) is 18.7 Å². The number of hydrogen-bond donors (Lipinski definition) is 1. The molecule has 184 valence electrons. The first-order valence-corrected chi connectivity index (χ1v) is 11.3. The maximum Gasteiger partial charge on any atom is 0.417 e. The summed E-state index contributed by atoms with van der Waals surface area (Å²) in [4.78, 5) is 27.7. The van der Waals surface area contributed by atoms with Crippen LogP contribution in [0.15, 0.2) is 48.9 Å². The van der Waals surface area contributed by atoms with Crippen LogP contribution in [0.2, 0.25) is 0 Å². The SMILES string of the molecule is Cc1ccc(F)c(-c2ncccn2)c1C(=O)N1CCCC(C)C1CNc1ccc(C(F)(F)F)cn1. The molecular weight excluding hydrogens is 462 g/mol. The van der Waals surface area contributed by atoms with Crippen molar-refractivity contribution in [3.05, 3.63) is 71.4 Å². The van der Waals surface area contributed by atoms with Gasteiger partial charge in [0.1, 0.15) is 11.6 Å². The summed E-state index contributed by atoms with van der Waals surface area (Å²) < 4.78 is 53.4. The van der Waals surface area contributed by atoms with E-state index in [0.29, 0.717) is 12.1 Å². The van der Waals surface area contributed by atoms with E-state index in [2.05, 4.69) is 20.3 Å². The number of carbonyl (C=O) groups excluding carboxylic acids is 1. The summed E-state index contributed by atoms with van der Waals surface area (Å²) in [6, 6.07) is 6.43. The van der Waals surface area contributed by atoms with Crippen LogP contribution in [0.3, 0.4) is 0 Å². The molecule has 1 saturated heterocycles. The predicted molar refractivity (Wildman–Crippen MR) is 123 cm³/mol. The summed E-state index contributed by atoms with van der Waals surface area (Å²) in [5.74, 6) is -0.392. The zero-order chi connectivity index (χ0) is 25.2. The number of aromatic nitrogens is 3. The van der Waals surface area contributed by atoms with E-state index in [9.17, 15) is 22.4 Å². The fourth-order valence-electron chi connectivity index (χ4n) is 4.44. The van der Waals surface area contributed by atoms with Gasteiger partial charge in [-0.15, -0.1) is 0 Å². The minimum absolute atomic E-state index is 0.0601. The molecule has 0 radical (unpaired) electrons. The zero-order valence-electron chi connectivity index (χ0n) is 19.3. The third-order valence-corrected chi connectivity index (χ3v) is 6.33. The van der Waals surface area contributed by atoms with Gasteiger partial charge in [-0.2, -0.15) is 13.2 Å². The molecule has 3 aromatic rings. The zero-order valence-corrected chi connectivity index (χ0v) is 19.3. The highest BCUT2D eigenvalue weighted by molar-refractivity contribution is 6.02. The Labute approximate surface area is 200 Å². The third-order valence-electron chi connectivity index (χ3n) is 6.33. The lowest BCUT2D eigenvalue weighted by Gasteiger charge is -2.40. The smallest absolute Gasteiger partial charge is 0.368 e. The molecule has 4 rings (SSSR count). The molecule has 10 heteroatoms. The topological polar surface area (TPSA) is 71.0 Å². The quantitative estimate of drug-likeness (QED) is 0.491. The van der Waals surface area contributed by atoms with Gasteiger partial charge < -0.3 is 10.2 Å². The van der Waals surface area contributed by atoms with Crippen LogP contribution in [0.4, 0.5) is 23.4 Å². The van der Waals surface area contributed by atoms with Gasteiger partial charge in [-0.3, -0.25) is 4.79 Å². The lowest BCUT2D eigenvalue weighted by atomic mass is 9.89. The first-order valence-electron chi connectivity index (χ1n) is 11.3. The molecule has 0 bridgehead atoms. The maximum atomic E-state index is 15.0. The number of benzene rings is 1. The molecule has 2 atom stereocenters. The van der Waals surface area contributed by atoms with Crippen molar-refractivity contribution in [1.29, 1.82) is 0 Å². The number of likely N-dealkylation sites (tertiary alicyclic amines) is 1. The Morgan fingerprint density at radius 3 is 2.54 bits per heavy atom. The lowest BCUT2D eigenvalue weighted by Crippen LogP contribution is -2.51. The van der Waals surface area contributed by atoms with E-state index in [1.807, 2.05) is 6.92 Å². The molecule has 1 N–H and O–H groups in total. The number of halogens is 4. The Morgan fingerprint density at radius 2 is 1.89 bits per heavy atom. The number of amides is 1. The van der Waals surface area contributed by atoms with E-state index in [4.69, 9.17) is 0 Å². The molecule has 0 saturated carbocycles. The molecule has 1 aromatic carbocycles. The van der Waals surface area contributed by atoms with Crippen LogP contribution in [0.1, 0.15) is 41.3 Å². The normalized spacial score (nSPS) is 18.4. The number of carbonyl (C=O) groups is 1. The highest BCUT2D eigenvalue weighted by Gasteiger charge is 2.35. The van der Waals surface area contributed by atoms with Crippen molar-refractivity contribution in [3.63, 3.8) is 0 Å². The summed E-state index contributed by atoms with van der Waals surface area (Å²) in [7, 11) is 0. The molecule has 1 aliphatic rings. The van der Waals surface area contributed by atoms with Crippen LogP contribution >= 0.6 is 0 Å². The Morgan fingerprint density at radius 1 is 1.14 bits per heavy atom. The molecule has 6 nitrogen and oxygen atoms in total. The fourth-order valence-corrected chi connectivity index (χ4v) is 4.44. The Kier molecular flexibility index (Phi) is 7.00. The van der Waals surface area contributed by atoms with Gasteiger partial charge in [-0.1, -0.05) is 13.0 Å². The first-order chi connectivity index (χ1) is 16.7. The van der Waals surface area contributed by atoms with E-state index in [1.54, 1.807) is 24.0 Å². The number of anilines is 1. The second-order valence-corrected chi connectivity index (χ2v) is 8.68. The standard InChI is InChI=1S/C25H25F4N5O/c1-15-5-3-12-34(19(15)14-33-20-9-7-17(13-32-20)25(27,28)29)24(35)21-16(2)6-8-18(26)22(21)23-30-10-4-11-31-23/h4,6-11,13,15,19H,3,5,12,14H2,1-2H3,(H,32,33). The van der Waals surface area contributed by atoms with Crippen LogP contribution in [0.25, 0.3) is 11.4 Å². The molecule has 1 amide bonds. The van der Waals surface area contributed by atoms with Crippen LogP contribution in [0.5, 0.6) is 0 Å². The minimum atomic E-state index is -4.46. The number of nitrogens with zero attached hydrogens (tertiary/aromatic N) is 4. The number of aryl methyl sites for hydroxylation is 1. The van der Waals surface area contributed by atoms with Crippen molar-refractivity contribution in [1.82, 2.24) is 19.9 Å². The van der Waals surface area contributed by atoms with E-state index < -0.39 is 17.6 Å². The summed E-state index contributed by atoms with van der Waals surface area (Å²) in [6.07, 6.45) is 0.963. The fraction of sp³-hybridized carbons (Fsp3) is 0.360. The van der Waals surface area contributed by atoms with Gasteiger partial charge in [0.15, 0.2) is 5.82 Å². The van der Waals surface area contributed by atoms with Crippen LogP contribution in [-0.2, 0) is 6.18 Å². The Balaban J connectivity index is 1.61. The molecule has 2 unspecified atom stereocenters. The van der Waals surface area contributed by atoms with Gasteiger partial charge in [0.25, 0.3) is 5.91 Å². The van der Waals surface area contributed by atoms with Gasteiger partial charge in [-0.25, -0.2) is 19.3 Å². The van der Waals surface area contributed by atoms with Crippen molar-refractivity contribution in [2.24, 2.45) is 5.92 Å². The van der Waals surface area contributed by atoms with Crippen LogP contribution in [-0.4, -0.2) is 44.9 Å². The summed E-state index contributed by atoms with van der Waals surface area (Å²) in [5, 5.41) is 3.06. The molecule has 1 fully saturated rings. The Hall–Kier alpha value is -3.56. The minimum Gasteiger partial charge on any atom is -0.368 e. The number of piperidine rings is 1. The van der Waals surface area contributed by atoms with Gasteiger partial charge in [0, 0.05) is 31.7 Å². The van der Waals surface area contributed by atoms with E-state index in [1.165, 1.54) is 24.5 Å². The second-order valence-electron chi connectivity index (χ2n) is 8.68. The number of alkyl halides is 3. The number of pyridine rings is 1. The average Bonchev–Trinajstić information content (AvgIpc) is 2.84. The molecule has 2 aromatic heterocycles. The summed E-state index contributed by atoms with van der Waals surface area (Å²) in [6.45, 7) is 4.52. The van der Waals surface area contributed by atoms with Gasteiger partial charge in [0.2, 0.25) is 0 Å². The molecule has 3 heterocycles. The number of hydrogen-bond acceptors (Lipinski definition) is 5. The number of rotatable bonds is 5. The molecule has 1 aliphatic heterocycles. The molecule has 0 aliphatic carbocycles. The van der Waals surface area contributed by atoms with Gasteiger partial charge >= 0.3 is 6.18 Å². The van der Waals surface area contributed by atoms with Crippen molar-refractivity contribution >= 4 is 11.7 Å². The molecular formula is C25H25F4N5O. The Bertz CT molecular complexity index is 1180. The highest BCUT2D eigenvalue weighted by Crippen LogP contribution is 2.32. The van der Waals surface area contributed by atoms with Crippen LogP contribution < -0.4 is 5.32 Å². The van der Waals surface area contributed by atoms with E-state index >= 15 is 0 Å². The molecule has 0 spiro atoms. The monoisotopic (exact) mass is 487 g/mol. The second kappa shape index (κ2) is 9.97. The average molecular weight is 488 g/mol. The third kappa shape index (κ3) is 5.26. The van der Waals surface area contributed by atoms with Crippen molar-refractivity contribution in [2.75, 3.05) is 18.4 Å². The lowest BCUT2D eigenvalue weighted by molar-refractivity contribution is -0.137. The van der Waals surface area contributed by atoms with Gasteiger partial charge in [0.05, 0.1) is 22.7 Å². The van der Waals surface area contributed by atoms with E-state index in [-0.39, 0.29) is 47.2 Å². The van der Waals surface area contributed by atoms with E-state index in [0.717, 1.165) is 25.1 Å². The number of nitrogens with one attached hydrogen (secondary N) is 1. The largest absolute Gasteiger partial charge is 0.417 e. The van der Waals surface area contributed by atoms with Crippen molar-refractivity contribution in [3.8, 4) is 11.4 Å². The summed E-state index contributed by atoms with van der Waals surface area (Å²) >= 11 is 0. The van der Waals surface area contributed by atoms with Crippen molar-refractivity contribution in [2.45, 2.75) is 38.9 Å². The molecule has 35 heavy (non-hydrogen) atoms. The first kappa shape index (κ1) is 24.6.